The first-order valence-electron chi connectivity index (χ1n) is 5.92. The summed E-state index contributed by atoms with van der Waals surface area (Å²) in [6, 6.07) is 6.98. The van der Waals surface area contributed by atoms with Crippen LogP contribution in [0.15, 0.2) is 42.9 Å². The molecule has 20 heavy (non-hydrogen) atoms. The molecule has 4 N–H and O–H groups in total. The average molecular weight is 287 g/mol. The van der Waals surface area contributed by atoms with E-state index < -0.39 is 0 Å². The summed E-state index contributed by atoms with van der Waals surface area (Å²) in [5.74, 6) is -0.267. The number of rotatable bonds is 2. The van der Waals surface area contributed by atoms with Crippen LogP contribution in [0.3, 0.4) is 0 Å². The molecule has 6 heteroatoms. The van der Waals surface area contributed by atoms with Crippen molar-refractivity contribution in [2.75, 3.05) is 11.1 Å². The summed E-state index contributed by atoms with van der Waals surface area (Å²) < 4.78 is 0. The van der Waals surface area contributed by atoms with Crippen molar-refractivity contribution in [3.8, 4) is 0 Å². The number of aromatic amines is 1. The number of nitrogen functional groups attached to an aromatic ring is 1. The van der Waals surface area contributed by atoms with Crippen molar-refractivity contribution in [1.29, 1.82) is 0 Å². The lowest BCUT2D eigenvalue weighted by molar-refractivity contribution is 0.102. The smallest absolute Gasteiger partial charge is 0.257 e. The fraction of sp³-hybridized carbons (Fsp3) is 0. The maximum atomic E-state index is 12.3. The molecule has 0 aliphatic rings. The number of carbonyl (C=O) groups excluding carboxylic acids is 1. The number of nitrogens with two attached hydrogens (primary N) is 1. The Morgan fingerprint density at radius 3 is 3.00 bits per heavy atom. The number of nitrogens with zero attached hydrogens (tertiary/aromatic N) is 1. The van der Waals surface area contributed by atoms with Crippen LogP contribution < -0.4 is 11.1 Å². The Balaban J connectivity index is 1.97. The van der Waals surface area contributed by atoms with E-state index in [0.29, 0.717) is 22.0 Å². The Morgan fingerprint density at radius 2 is 2.20 bits per heavy atom. The molecule has 3 aromatic rings. The number of fused-ring (bicyclic) bond motifs is 1. The van der Waals surface area contributed by atoms with Gasteiger partial charge in [0.1, 0.15) is 0 Å². The van der Waals surface area contributed by atoms with Gasteiger partial charge in [-0.3, -0.25) is 9.78 Å². The minimum Gasteiger partial charge on any atom is -0.399 e. The third kappa shape index (κ3) is 2.19. The summed E-state index contributed by atoms with van der Waals surface area (Å²) in [5.41, 5.74) is 8.18. The van der Waals surface area contributed by atoms with Gasteiger partial charge >= 0.3 is 0 Å². The molecule has 0 unspecified atom stereocenters. The van der Waals surface area contributed by atoms with E-state index in [4.69, 9.17) is 17.3 Å². The van der Waals surface area contributed by atoms with Gasteiger partial charge in [-0.05, 0) is 24.3 Å². The molecule has 3 rings (SSSR count). The van der Waals surface area contributed by atoms with Gasteiger partial charge in [0.25, 0.3) is 5.91 Å². The van der Waals surface area contributed by atoms with Crippen molar-refractivity contribution in [3.63, 3.8) is 0 Å². The van der Waals surface area contributed by atoms with Crippen molar-refractivity contribution >= 4 is 39.8 Å². The van der Waals surface area contributed by atoms with Gasteiger partial charge in [0.05, 0.1) is 22.5 Å². The second-order valence-electron chi connectivity index (χ2n) is 4.32. The van der Waals surface area contributed by atoms with Crippen LogP contribution in [0.4, 0.5) is 11.4 Å². The van der Waals surface area contributed by atoms with Gasteiger partial charge < -0.3 is 16.0 Å². The molecule has 0 saturated carbocycles. The van der Waals surface area contributed by atoms with E-state index in [9.17, 15) is 4.79 Å². The van der Waals surface area contributed by atoms with Crippen LogP contribution in [-0.4, -0.2) is 15.9 Å². The minimum atomic E-state index is -0.267. The minimum absolute atomic E-state index is 0.267. The summed E-state index contributed by atoms with van der Waals surface area (Å²) >= 11 is 5.99. The molecule has 1 aromatic carbocycles. The van der Waals surface area contributed by atoms with Crippen LogP contribution in [0.1, 0.15) is 10.4 Å². The number of nitrogens with one attached hydrogen (secondary N) is 2. The summed E-state index contributed by atoms with van der Waals surface area (Å²) in [5, 5.41) is 3.93. The first-order chi connectivity index (χ1) is 9.65. The highest BCUT2D eigenvalue weighted by Crippen LogP contribution is 2.24. The van der Waals surface area contributed by atoms with Crippen molar-refractivity contribution < 1.29 is 4.79 Å². The number of benzene rings is 1. The van der Waals surface area contributed by atoms with Crippen LogP contribution in [0.2, 0.25) is 5.02 Å². The molecule has 0 aliphatic carbocycles. The first kappa shape index (κ1) is 12.5. The van der Waals surface area contributed by atoms with Gasteiger partial charge in [0.2, 0.25) is 0 Å². The highest BCUT2D eigenvalue weighted by Gasteiger charge is 2.13. The third-order valence-corrected chi connectivity index (χ3v) is 3.30. The molecule has 2 heterocycles. The molecule has 0 radical (unpaired) electrons. The maximum Gasteiger partial charge on any atom is 0.257 e. The predicted molar refractivity (Wildman–Crippen MR) is 79.9 cm³/mol. The number of aromatic nitrogens is 2. The van der Waals surface area contributed by atoms with E-state index in [2.05, 4.69) is 15.3 Å². The number of amides is 1. The Bertz CT molecular complexity index is 797. The fourth-order valence-electron chi connectivity index (χ4n) is 1.99. The molecule has 0 atom stereocenters. The average Bonchev–Trinajstić information content (AvgIpc) is 2.84. The van der Waals surface area contributed by atoms with Gasteiger partial charge in [-0.2, -0.15) is 0 Å². The van der Waals surface area contributed by atoms with Crippen molar-refractivity contribution in [1.82, 2.24) is 9.97 Å². The monoisotopic (exact) mass is 286 g/mol. The molecule has 0 fully saturated rings. The van der Waals surface area contributed by atoms with Crippen LogP contribution in [0.25, 0.3) is 10.9 Å². The quantitative estimate of drug-likeness (QED) is 0.633. The number of hydrogen-bond donors (Lipinski definition) is 3. The third-order valence-electron chi connectivity index (χ3n) is 2.97. The molecule has 1 amide bonds. The zero-order valence-corrected chi connectivity index (χ0v) is 11.1. The molecule has 0 bridgehead atoms. The zero-order valence-electron chi connectivity index (χ0n) is 10.4. The Labute approximate surface area is 119 Å². The van der Waals surface area contributed by atoms with E-state index in [-0.39, 0.29) is 5.91 Å². The van der Waals surface area contributed by atoms with E-state index >= 15 is 0 Å². The summed E-state index contributed by atoms with van der Waals surface area (Å²) in [6.07, 6.45) is 4.71. The van der Waals surface area contributed by atoms with Crippen LogP contribution >= 0.6 is 11.6 Å². The summed E-state index contributed by atoms with van der Waals surface area (Å²) in [4.78, 5) is 19.3. The van der Waals surface area contributed by atoms with Crippen LogP contribution in [0, 0.1) is 0 Å². The second-order valence-corrected chi connectivity index (χ2v) is 4.72. The molecule has 5 nitrogen and oxygen atoms in total. The number of H-pyrrole nitrogens is 1. The molecule has 0 saturated heterocycles. The Kier molecular flexibility index (Phi) is 3.04. The van der Waals surface area contributed by atoms with Crippen LogP contribution in [0.5, 0.6) is 0 Å². The summed E-state index contributed by atoms with van der Waals surface area (Å²) in [6.45, 7) is 0. The topological polar surface area (TPSA) is 83.8 Å². The SMILES string of the molecule is Nc1ccc2[nH]cc(C(=O)Nc3cnccc3Cl)c2c1. The normalized spacial score (nSPS) is 10.7. The number of pyridine rings is 1. The lowest BCUT2D eigenvalue weighted by atomic mass is 10.1. The van der Waals surface area contributed by atoms with Crippen molar-refractivity contribution in [2.45, 2.75) is 0 Å². The number of anilines is 2. The van der Waals surface area contributed by atoms with E-state index in [1.165, 1.54) is 6.20 Å². The predicted octanol–water partition coefficient (Wildman–Crippen LogP) is 3.05. The largest absolute Gasteiger partial charge is 0.399 e. The molecule has 100 valence electrons. The zero-order chi connectivity index (χ0) is 14.1. The number of hydrogen-bond acceptors (Lipinski definition) is 3. The van der Waals surface area contributed by atoms with Gasteiger partial charge in [-0.25, -0.2) is 0 Å². The van der Waals surface area contributed by atoms with E-state index in [1.54, 1.807) is 30.6 Å². The highest BCUT2D eigenvalue weighted by molar-refractivity contribution is 6.34. The lowest BCUT2D eigenvalue weighted by Gasteiger charge is -2.05. The van der Waals surface area contributed by atoms with E-state index in [1.807, 2.05) is 6.07 Å². The van der Waals surface area contributed by atoms with Gasteiger partial charge in [-0.15, -0.1) is 0 Å². The highest BCUT2D eigenvalue weighted by atomic mass is 35.5. The lowest BCUT2D eigenvalue weighted by Crippen LogP contribution is -2.11. The second kappa shape index (κ2) is 4.86. The summed E-state index contributed by atoms with van der Waals surface area (Å²) in [7, 11) is 0. The number of carbonyl (C=O) groups is 1. The van der Waals surface area contributed by atoms with Gasteiger partial charge in [0.15, 0.2) is 0 Å². The Hall–Kier alpha value is -2.53. The molecule has 2 aromatic heterocycles. The standard InChI is InChI=1S/C14H11ClN4O/c15-11-3-4-17-7-13(11)19-14(20)10-6-18-12-2-1-8(16)5-9(10)12/h1-7,18H,16H2,(H,19,20). The van der Waals surface area contributed by atoms with Gasteiger partial charge in [0, 0.05) is 29.0 Å². The van der Waals surface area contributed by atoms with Crippen molar-refractivity contribution in [3.05, 3.63) is 53.4 Å². The van der Waals surface area contributed by atoms with Gasteiger partial charge in [-0.1, -0.05) is 11.6 Å². The molecular formula is C14H11ClN4O. The fourth-order valence-corrected chi connectivity index (χ4v) is 2.14. The van der Waals surface area contributed by atoms with Crippen LogP contribution in [-0.2, 0) is 0 Å². The molecule has 0 aliphatic heterocycles. The van der Waals surface area contributed by atoms with E-state index in [0.717, 1.165) is 10.9 Å². The van der Waals surface area contributed by atoms with Crippen molar-refractivity contribution in [2.24, 2.45) is 0 Å². The number of halogens is 1. The molecule has 0 spiro atoms. The molecular weight excluding hydrogens is 276 g/mol. The first-order valence-corrected chi connectivity index (χ1v) is 6.30. The Morgan fingerprint density at radius 1 is 1.35 bits per heavy atom. The maximum absolute atomic E-state index is 12.3.